The molecule has 19 heavy (non-hydrogen) atoms. The highest BCUT2D eigenvalue weighted by atomic mass is 35.5. The maximum Gasteiger partial charge on any atom is 0.142 e. The summed E-state index contributed by atoms with van der Waals surface area (Å²) >= 11 is 5.67. The molecule has 0 amide bonds. The second-order valence-corrected chi connectivity index (χ2v) is 5.38. The number of hydrogen-bond donors (Lipinski definition) is 2. The van der Waals surface area contributed by atoms with Gasteiger partial charge in [-0.15, -0.1) is 0 Å². The van der Waals surface area contributed by atoms with Gasteiger partial charge >= 0.3 is 0 Å². The Balaban J connectivity index is 2.53. The minimum absolute atomic E-state index is 0.0739. The molecule has 0 aromatic heterocycles. The SMILES string of the molecule is CCCC(CCO)CNC(C)c1ccc(Cl)c(F)c1. The van der Waals surface area contributed by atoms with E-state index in [-0.39, 0.29) is 23.5 Å². The van der Waals surface area contributed by atoms with Crippen molar-refractivity contribution in [3.63, 3.8) is 0 Å². The minimum Gasteiger partial charge on any atom is -0.396 e. The Kier molecular flexibility index (Phi) is 7.36. The first-order chi connectivity index (χ1) is 9.08. The van der Waals surface area contributed by atoms with E-state index in [1.54, 1.807) is 6.07 Å². The first-order valence-electron chi connectivity index (χ1n) is 6.87. The van der Waals surface area contributed by atoms with Crippen LogP contribution in [0.3, 0.4) is 0 Å². The summed E-state index contributed by atoms with van der Waals surface area (Å²) in [5.74, 6) is 0.0860. The summed E-state index contributed by atoms with van der Waals surface area (Å²) in [7, 11) is 0. The van der Waals surface area contributed by atoms with E-state index >= 15 is 0 Å². The molecule has 0 spiro atoms. The van der Waals surface area contributed by atoms with Crippen LogP contribution in [0.4, 0.5) is 4.39 Å². The van der Waals surface area contributed by atoms with E-state index in [1.807, 2.05) is 13.0 Å². The third kappa shape index (κ3) is 5.47. The molecule has 0 saturated heterocycles. The van der Waals surface area contributed by atoms with E-state index in [0.29, 0.717) is 5.92 Å². The summed E-state index contributed by atoms with van der Waals surface area (Å²) in [6.45, 7) is 5.20. The van der Waals surface area contributed by atoms with Crippen molar-refractivity contribution in [3.05, 3.63) is 34.6 Å². The number of nitrogens with one attached hydrogen (secondary N) is 1. The van der Waals surface area contributed by atoms with Crippen molar-refractivity contribution in [3.8, 4) is 0 Å². The molecule has 0 heterocycles. The fourth-order valence-corrected chi connectivity index (χ4v) is 2.30. The molecule has 1 aromatic rings. The Labute approximate surface area is 120 Å². The molecule has 2 unspecified atom stereocenters. The highest BCUT2D eigenvalue weighted by molar-refractivity contribution is 6.30. The second-order valence-electron chi connectivity index (χ2n) is 4.97. The van der Waals surface area contributed by atoms with Gasteiger partial charge in [-0.2, -0.15) is 0 Å². The molecule has 0 fully saturated rings. The number of benzene rings is 1. The van der Waals surface area contributed by atoms with Gasteiger partial charge in [0.2, 0.25) is 0 Å². The molecule has 2 N–H and O–H groups in total. The van der Waals surface area contributed by atoms with Crippen LogP contribution in [0.2, 0.25) is 5.02 Å². The van der Waals surface area contributed by atoms with Gasteiger partial charge in [-0.05, 0) is 49.9 Å². The number of hydrogen-bond acceptors (Lipinski definition) is 2. The highest BCUT2D eigenvalue weighted by Crippen LogP contribution is 2.20. The summed E-state index contributed by atoms with van der Waals surface area (Å²) in [5.41, 5.74) is 0.890. The predicted molar refractivity (Wildman–Crippen MR) is 77.9 cm³/mol. The van der Waals surface area contributed by atoms with Gasteiger partial charge in [0.1, 0.15) is 5.82 Å². The zero-order valence-electron chi connectivity index (χ0n) is 11.6. The van der Waals surface area contributed by atoms with Crippen molar-refractivity contribution in [1.29, 1.82) is 0 Å². The Morgan fingerprint density at radius 3 is 2.68 bits per heavy atom. The topological polar surface area (TPSA) is 32.3 Å². The normalized spacial score (nSPS) is 14.4. The molecule has 0 aliphatic heterocycles. The van der Waals surface area contributed by atoms with Crippen LogP contribution in [-0.2, 0) is 0 Å². The van der Waals surface area contributed by atoms with Crippen LogP contribution in [0.25, 0.3) is 0 Å². The van der Waals surface area contributed by atoms with Crippen molar-refractivity contribution < 1.29 is 9.50 Å². The summed E-state index contributed by atoms with van der Waals surface area (Å²) in [4.78, 5) is 0. The van der Waals surface area contributed by atoms with Gasteiger partial charge in [-0.1, -0.05) is 31.0 Å². The maximum absolute atomic E-state index is 13.4. The molecule has 0 radical (unpaired) electrons. The first-order valence-corrected chi connectivity index (χ1v) is 7.25. The third-order valence-corrected chi connectivity index (χ3v) is 3.70. The number of aliphatic hydroxyl groups excluding tert-OH is 1. The van der Waals surface area contributed by atoms with Crippen LogP contribution < -0.4 is 5.32 Å². The Morgan fingerprint density at radius 1 is 1.37 bits per heavy atom. The average molecular weight is 288 g/mol. The molecule has 0 bridgehead atoms. The fourth-order valence-electron chi connectivity index (χ4n) is 2.18. The van der Waals surface area contributed by atoms with E-state index in [4.69, 9.17) is 16.7 Å². The van der Waals surface area contributed by atoms with Crippen molar-refractivity contribution >= 4 is 11.6 Å². The molecule has 0 saturated carbocycles. The molecular formula is C15H23ClFNO. The predicted octanol–water partition coefficient (Wildman–Crippen LogP) is 3.93. The van der Waals surface area contributed by atoms with E-state index in [2.05, 4.69) is 12.2 Å². The molecule has 0 aliphatic carbocycles. The molecule has 1 rings (SSSR count). The molecular weight excluding hydrogens is 265 g/mol. The summed E-state index contributed by atoms with van der Waals surface area (Å²) in [6, 6.07) is 4.97. The van der Waals surface area contributed by atoms with E-state index < -0.39 is 0 Å². The second kappa shape index (κ2) is 8.51. The molecule has 4 heteroatoms. The largest absolute Gasteiger partial charge is 0.396 e. The van der Waals surface area contributed by atoms with Gasteiger partial charge in [0.15, 0.2) is 0 Å². The van der Waals surface area contributed by atoms with Crippen molar-refractivity contribution in [2.75, 3.05) is 13.2 Å². The lowest BCUT2D eigenvalue weighted by molar-refractivity contribution is 0.246. The third-order valence-electron chi connectivity index (χ3n) is 3.39. The van der Waals surface area contributed by atoms with Crippen molar-refractivity contribution in [2.24, 2.45) is 5.92 Å². The first kappa shape index (κ1) is 16.4. The van der Waals surface area contributed by atoms with Crippen LogP contribution in [0.5, 0.6) is 0 Å². The number of halogens is 2. The van der Waals surface area contributed by atoms with Gasteiger partial charge in [0.05, 0.1) is 5.02 Å². The standard InChI is InChI=1S/C15H23ClFNO/c1-3-4-12(7-8-19)10-18-11(2)13-5-6-14(16)15(17)9-13/h5-6,9,11-12,18-19H,3-4,7-8,10H2,1-2H3. The lowest BCUT2D eigenvalue weighted by Gasteiger charge is -2.20. The summed E-state index contributed by atoms with van der Waals surface area (Å²) in [5, 5.41) is 12.6. The molecule has 108 valence electrons. The van der Waals surface area contributed by atoms with Crippen molar-refractivity contribution in [1.82, 2.24) is 5.32 Å². The van der Waals surface area contributed by atoms with Crippen molar-refractivity contribution in [2.45, 2.75) is 39.2 Å². The average Bonchev–Trinajstić information content (AvgIpc) is 2.39. The van der Waals surface area contributed by atoms with E-state index in [0.717, 1.165) is 31.4 Å². The molecule has 2 atom stereocenters. The zero-order chi connectivity index (χ0) is 14.3. The molecule has 2 nitrogen and oxygen atoms in total. The van der Waals surface area contributed by atoms with Gasteiger partial charge in [-0.25, -0.2) is 4.39 Å². The van der Waals surface area contributed by atoms with Crippen LogP contribution in [0, 0.1) is 11.7 Å². The molecule has 0 aliphatic rings. The minimum atomic E-state index is -0.381. The van der Waals surface area contributed by atoms with E-state index in [9.17, 15) is 4.39 Å². The zero-order valence-corrected chi connectivity index (χ0v) is 12.4. The fraction of sp³-hybridized carbons (Fsp3) is 0.600. The van der Waals surface area contributed by atoms with Crippen LogP contribution in [-0.4, -0.2) is 18.3 Å². The number of aliphatic hydroxyl groups is 1. The highest BCUT2D eigenvalue weighted by Gasteiger charge is 2.11. The Bertz CT molecular complexity index is 380. The summed E-state index contributed by atoms with van der Waals surface area (Å²) in [6.07, 6.45) is 3.01. The Hall–Kier alpha value is -0.640. The monoisotopic (exact) mass is 287 g/mol. The van der Waals surface area contributed by atoms with Gasteiger partial charge < -0.3 is 10.4 Å². The van der Waals surface area contributed by atoms with Crippen LogP contribution in [0.1, 0.15) is 44.7 Å². The van der Waals surface area contributed by atoms with E-state index in [1.165, 1.54) is 6.07 Å². The van der Waals surface area contributed by atoms with Crippen LogP contribution >= 0.6 is 11.6 Å². The van der Waals surface area contributed by atoms with Gasteiger partial charge in [-0.3, -0.25) is 0 Å². The lowest BCUT2D eigenvalue weighted by atomic mass is 9.99. The smallest absolute Gasteiger partial charge is 0.142 e. The Morgan fingerprint density at radius 2 is 2.11 bits per heavy atom. The molecule has 1 aromatic carbocycles. The lowest BCUT2D eigenvalue weighted by Crippen LogP contribution is -2.26. The van der Waals surface area contributed by atoms with Crippen LogP contribution in [0.15, 0.2) is 18.2 Å². The quantitative estimate of drug-likeness (QED) is 0.759. The summed E-state index contributed by atoms with van der Waals surface area (Å²) < 4.78 is 13.4. The number of rotatable bonds is 8. The maximum atomic E-state index is 13.4. The van der Waals surface area contributed by atoms with Gasteiger partial charge in [0, 0.05) is 12.6 Å². The van der Waals surface area contributed by atoms with Gasteiger partial charge in [0.25, 0.3) is 0 Å².